The van der Waals surface area contributed by atoms with Crippen molar-refractivity contribution in [2.75, 3.05) is 0 Å². The second-order valence-electron chi connectivity index (χ2n) is 10.8. The van der Waals surface area contributed by atoms with Crippen LogP contribution in [0.3, 0.4) is 0 Å². The SMILES string of the molecule is C[C@@H](O[Si](C)(C)C(C)(C)C)[C@H]1C(=O)N(C(=O)C(=O)OCc2ccc([N+](=O)[O-])cc2)/C1=C\C(=O)Sc1ccccc1. The number of nitrogens with zero attached hydrogens (tertiary/aromatic N) is 2. The van der Waals surface area contributed by atoms with E-state index in [9.17, 15) is 29.3 Å². The average molecular weight is 585 g/mol. The summed E-state index contributed by atoms with van der Waals surface area (Å²) in [6, 6.07) is 14.2. The van der Waals surface area contributed by atoms with Crippen LogP contribution in [0.5, 0.6) is 0 Å². The fraction of sp³-hybridized carbons (Fsp3) is 0.357. The number of nitro groups is 1. The number of carbonyl (C=O) groups is 4. The molecule has 0 bridgehead atoms. The molecule has 0 N–H and O–H groups in total. The van der Waals surface area contributed by atoms with Gasteiger partial charge in [0.05, 0.1) is 11.0 Å². The fourth-order valence-electron chi connectivity index (χ4n) is 3.76. The topological polar surface area (TPSA) is 133 Å². The molecule has 1 aliphatic heterocycles. The van der Waals surface area contributed by atoms with Crippen LogP contribution in [0.15, 0.2) is 71.3 Å². The molecule has 0 unspecified atom stereocenters. The smallest absolute Gasteiger partial charge is 0.398 e. The molecule has 0 aliphatic carbocycles. The monoisotopic (exact) mass is 584 g/mol. The van der Waals surface area contributed by atoms with E-state index < -0.39 is 48.2 Å². The number of thioether (sulfide) groups is 1. The molecule has 0 saturated carbocycles. The van der Waals surface area contributed by atoms with Crippen LogP contribution in [0.1, 0.15) is 33.3 Å². The predicted octanol–water partition coefficient (Wildman–Crippen LogP) is 5.24. The Bertz CT molecular complexity index is 1340. The number of nitro benzene ring substituents is 1. The maximum absolute atomic E-state index is 13.2. The van der Waals surface area contributed by atoms with Crippen LogP contribution >= 0.6 is 11.8 Å². The minimum Gasteiger partial charge on any atom is -0.454 e. The molecule has 2 amide bonds. The summed E-state index contributed by atoms with van der Waals surface area (Å²) < 4.78 is 11.5. The van der Waals surface area contributed by atoms with E-state index in [4.69, 9.17) is 9.16 Å². The highest BCUT2D eigenvalue weighted by atomic mass is 32.2. The number of non-ortho nitro benzene ring substituents is 1. The number of β-lactam (4-membered cyclic amide) rings is 1. The minimum absolute atomic E-state index is 0.0712. The van der Waals surface area contributed by atoms with Crippen molar-refractivity contribution >= 4 is 48.7 Å². The van der Waals surface area contributed by atoms with E-state index in [-0.39, 0.29) is 23.0 Å². The summed E-state index contributed by atoms with van der Waals surface area (Å²) in [7, 11) is -2.31. The number of hydrogen-bond donors (Lipinski definition) is 0. The Labute approximate surface area is 238 Å². The summed E-state index contributed by atoms with van der Waals surface area (Å²) >= 11 is 0.926. The lowest BCUT2D eigenvalue weighted by atomic mass is 9.88. The van der Waals surface area contributed by atoms with E-state index >= 15 is 0 Å². The fourth-order valence-corrected chi connectivity index (χ4v) is 5.88. The maximum Gasteiger partial charge on any atom is 0.398 e. The van der Waals surface area contributed by atoms with Crippen LogP contribution in [0, 0.1) is 16.0 Å². The van der Waals surface area contributed by atoms with Crippen LogP contribution < -0.4 is 0 Å². The van der Waals surface area contributed by atoms with Gasteiger partial charge in [-0.25, -0.2) is 9.69 Å². The minimum atomic E-state index is -2.31. The molecular weight excluding hydrogens is 552 g/mol. The lowest BCUT2D eigenvalue weighted by molar-refractivity contribution is -0.384. The van der Waals surface area contributed by atoms with Crippen LogP contribution in [0.25, 0.3) is 0 Å². The standard InChI is InChI=1S/C28H32N2O8SSi/c1-18(38-40(5,6)28(2,3)4)24-22(16-23(31)39-21-10-8-7-9-11-21)29(25(24)32)26(33)27(34)37-17-19-12-14-20(15-13-19)30(35)36/h7-16,18,24H,17H2,1-6H3/b22-16-/t18-,24-/m1/s1. The average Bonchev–Trinajstić information content (AvgIpc) is 2.86. The Kier molecular flexibility index (Phi) is 9.49. The zero-order valence-corrected chi connectivity index (χ0v) is 25.0. The molecule has 1 heterocycles. The summed E-state index contributed by atoms with van der Waals surface area (Å²) in [5.41, 5.74) is 0.355. The third-order valence-corrected chi connectivity index (χ3v) is 12.3. The molecule has 1 fully saturated rings. The maximum atomic E-state index is 13.2. The first-order valence-corrected chi connectivity index (χ1v) is 16.3. The Morgan fingerprint density at radius 1 is 1.10 bits per heavy atom. The van der Waals surface area contributed by atoms with Crippen LogP contribution in [-0.4, -0.2) is 47.1 Å². The van der Waals surface area contributed by atoms with E-state index in [0.29, 0.717) is 15.4 Å². The molecule has 2 aromatic rings. The second-order valence-corrected chi connectivity index (χ2v) is 16.7. The highest BCUT2D eigenvalue weighted by molar-refractivity contribution is 8.14. The van der Waals surface area contributed by atoms with Gasteiger partial charge in [0, 0.05) is 28.8 Å². The molecule has 2 aromatic carbocycles. The largest absolute Gasteiger partial charge is 0.454 e. The number of carbonyl (C=O) groups excluding carboxylic acids is 4. The molecule has 1 saturated heterocycles. The number of imide groups is 1. The first kappa shape index (κ1) is 30.9. The summed E-state index contributed by atoms with van der Waals surface area (Å²) in [5.74, 6) is -4.10. The molecular formula is C28H32N2O8SSi. The van der Waals surface area contributed by atoms with Crippen molar-refractivity contribution in [3.63, 3.8) is 0 Å². The molecule has 0 aromatic heterocycles. The van der Waals surface area contributed by atoms with E-state index in [2.05, 4.69) is 20.8 Å². The van der Waals surface area contributed by atoms with Crippen molar-refractivity contribution in [3.05, 3.63) is 82.0 Å². The van der Waals surface area contributed by atoms with E-state index in [1.54, 1.807) is 31.2 Å². The van der Waals surface area contributed by atoms with Gasteiger partial charge in [0.15, 0.2) is 8.32 Å². The first-order chi connectivity index (χ1) is 18.6. The number of esters is 1. The van der Waals surface area contributed by atoms with Crippen molar-refractivity contribution in [2.45, 2.75) is 63.4 Å². The van der Waals surface area contributed by atoms with Crippen LogP contribution in [0.2, 0.25) is 18.1 Å². The van der Waals surface area contributed by atoms with Crippen molar-refractivity contribution in [1.82, 2.24) is 4.90 Å². The third kappa shape index (κ3) is 7.12. The van der Waals surface area contributed by atoms with E-state index in [0.717, 1.165) is 11.8 Å². The number of amides is 2. The normalized spacial score (nSPS) is 17.2. The highest BCUT2D eigenvalue weighted by Crippen LogP contribution is 2.42. The number of benzene rings is 2. The summed E-state index contributed by atoms with van der Waals surface area (Å²) in [5, 5.41) is 10.3. The Balaban J connectivity index is 1.80. The van der Waals surface area contributed by atoms with Crippen LogP contribution in [-0.2, 0) is 34.9 Å². The molecule has 10 nitrogen and oxygen atoms in total. The Hall–Kier alpha value is -3.61. The molecule has 2 atom stereocenters. The van der Waals surface area contributed by atoms with Gasteiger partial charge < -0.3 is 9.16 Å². The lowest BCUT2D eigenvalue weighted by Crippen LogP contribution is -2.60. The number of likely N-dealkylation sites (tertiary alicyclic amines) is 1. The van der Waals surface area contributed by atoms with Gasteiger partial charge in [-0.05, 0) is 66.6 Å². The van der Waals surface area contributed by atoms with Crippen LogP contribution in [0.4, 0.5) is 5.69 Å². The predicted molar refractivity (Wildman–Crippen MR) is 151 cm³/mol. The van der Waals surface area contributed by atoms with Gasteiger partial charge in [-0.1, -0.05) is 39.0 Å². The molecule has 0 spiro atoms. The van der Waals surface area contributed by atoms with Gasteiger partial charge in [-0.15, -0.1) is 0 Å². The van der Waals surface area contributed by atoms with Crippen molar-refractivity contribution in [3.8, 4) is 0 Å². The zero-order valence-electron chi connectivity index (χ0n) is 23.2. The molecule has 1 aliphatic rings. The quantitative estimate of drug-likeness (QED) is 0.0597. The number of rotatable bonds is 8. The van der Waals surface area contributed by atoms with E-state index in [1.165, 1.54) is 30.3 Å². The van der Waals surface area contributed by atoms with Crippen molar-refractivity contribution in [1.29, 1.82) is 0 Å². The first-order valence-electron chi connectivity index (χ1n) is 12.6. The summed E-state index contributed by atoms with van der Waals surface area (Å²) in [6.45, 7) is 11.6. The number of hydrogen-bond acceptors (Lipinski definition) is 9. The second kappa shape index (κ2) is 12.3. The summed E-state index contributed by atoms with van der Waals surface area (Å²) in [6.07, 6.45) is 0.547. The Morgan fingerprint density at radius 3 is 2.25 bits per heavy atom. The van der Waals surface area contributed by atoms with Gasteiger partial charge >= 0.3 is 11.9 Å². The van der Waals surface area contributed by atoms with E-state index in [1.807, 2.05) is 19.2 Å². The zero-order chi connectivity index (χ0) is 29.8. The Morgan fingerprint density at radius 2 is 1.70 bits per heavy atom. The third-order valence-electron chi connectivity index (χ3n) is 6.94. The van der Waals surface area contributed by atoms with Gasteiger partial charge in [0.2, 0.25) is 11.0 Å². The van der Waals surface area contributed by atoms with Crippen molar-refractivity contribution < 1.29 is 33.3 Å². The number of ether oxygens (including phenoxy) is 1. The van der Waals surface area contributed by atoms with Gasteiger partial charge in [0.1, 0.15) is 12.5 Å². The van der Waals surface area contributed by atoms with Crippen molar-refractivity contribution in [2.24, 2.45) is 5.92 Å². The molecule has 212 valence electrons. The molecule has 12 heteroatoms. The molecule has 3 rings (SSSR count). The van der Waals surface area contributed by atoms with Gasteiger partial charge in [-0.3, -0.25) is 24.5 Å². The van der Waals surface area contributed by atoms with Gasteiger partial charge in [-0.2, -0.15) is 0 Å². The highest BCUT2D eigenvalue weighted by Gasteiger charge is 2.53. The molecule has 0 radical (unpaired) electrons. The van der Waals surface area contributed by atoms with Gasteiger partial charge in [0.25, 0.3) is 5.69 Å². The summed E-state index contributed by atoms with van der Waals surface area (Å²) in [4.78, 5) is 63.4. The lowest BCUT2D eigenvalue weighted by Gasteiger charge is -2.46. The molecule has 40 heavy (non-hydrogen) atoms.